The molecule has 35 heavy (non-hydrogen) atoms. The van der Waals surface area contributed by atoms with E-state index in [0.717, 1.165) is 4.57 Å². The minimum atomic E-state index is -3.94. The molecule has 0 aliphatic carbocycles. The number of rotatable bonds is 6. The fourth-order valence-electron chi connectivity index (χ4n) is 4.21. The smallest absolute Gasteiger partial charge is 0.265 e. The number of nitrogens with one attached hydrogen (secondary N) is 1. The van der Waals surface area contributed by atoms with Crippen LogP contribution in [0.5, 0.6) is 5.88 Å². The fourth-order valence-corrected chi connectivity index (χ4v) is 5.49. The summed E-state index contributed by atoms with van der Waals surface area (Å²) in [5.74, 6) is -1.62. The summed E-state index contributed by atoms with van der Waals surface area (Å²) < 4.78 is 35.0. The van der Waals surface area contributed by atoms with Crippen molar-refractivity contribution < 1.29 is 27.9 Å². The van der Waals surface area contributed by atoms with Gasteiger partial charge in [0, 0.05) is 29.2 Å². The zero-order chi connectivity index (χ0) is 24.6. The lowest BCUT2D eigenvalue weighted by Gasteiger charge is -2.12. The second kappa shape index (κ2) is 9.10. The molecular weight excluding hydrogens is 468 g/mol. The Kier molecular flexibility index (Phi) is 5.98. The Morgan fingerprint density at radius 3 is 2.23 bits per heavy atom. The second-order valence-electron chi connectivity index (χ2n) is 8.26. The number of fused-ring (bicyclic) bond motifs is 1. The van der Waals surface area contributed by atoms with Crippen LogP contribution in [-0.4, -0.2) is 49.0 Å². The Morgan fingerprint density at radius 1 is 0.943 bits per heavy atom. The first kappa shape index (κ1) is 23.0. The molecule has 1 aliphatic rings. The average molecular weight is 491 g/mol. The van der Waals surface area contributed by atoms with Gasteiger partial charge in [0.1, 0.15) is 0 Å². The summed E-state index contributed by atoms with van der Waals surface area (Å²) in [5.41, 5.74) is 0.678. The Hall–Kier alpha value is -3.79. The highest BCUT2D eigenvalue weighted by Crippen LogP contribution is 2.35. The van der Waals surface area contributed by atoms with Crippen LogP contribution in [0.4, 0.5) is 0 Å². The first-order chi connectivity index (χ1) is 16.9. The van der Waals surface area contributed by atoms with Crippen LogP contribution in [0.15, 0.2) is 83.8 Å². The molecule has 178 valence electrons. The third kappa shape index (κ3) is 4.25. The fraction of sp³-hybridized carbons (Fsp3) is 0.154. The molecule has 0 amide bonds. The standard InChI is InChI=1S/C26H22N2O6S/c29-24(17-7-3-1-4-8-17)23-21-15-20(35(32,33)27-19-13-14-34-16-19)11-12-22(21)28(26(23)31)25(30)18-9-5-2-6-10-18/h1-12,15,19,27,31H,13-14,16H2. The van der Waals surface area contributed by atoms with E-state index in [2.05, 4.69) is 4.72 Å². The summed E-state index contributed by atoms with van der Waals surface area (Å²) in [5, 5.41) is 11.3. The van der Waals surface area contributed by atoms with E-state index in [-0.39, 0.29) is 34.0 Å². The first-order valence-corrected chi connectivity index (χ1v) is 12.5. The van der Waals surface area contributed by atoms with Crippen LogP contribution in [0, 0.1) is 0 Å². The normalized spacial score (nSPS) is 15.9. The number of sulfonamides is 1. The van der Waals surface area contributed by atoms with E-state index in [1.807, 2.05) is 0 Å². The van der Waals surface area contributed by atoms with Crippen LogP contribution in [0.3, 0.4) is 0 Å². The van der Waals surface area contributed by atoms with Gasteiger partial charge in [-0.25, -0.2) is 17.7 Å². The van der Waals surface area contributed by atoms with E-state index < -0.39 is 27.6 Å². The Morgan fingerprint density at radius 2 is 1.60 bits per heavy atom. The van der Waals surface area contributed by atoms with E-state index in [1.165, 1.54) is 18.2 Å². The number of nitrogens with zero attached hydrogens (tertiary/aromatic N) is 1. The number of hydrogen-bond acceptors (Lipinski definition) is 6. The van der Waals surface area contributed by atoms with Gasteiger partial charge >= 0.3 is 0 Å². The van der Waals surface area contributed by atoms with Crippen LogP contribution >= 0.6 is 0 Å². The zero-order valence-corrected chi connectivity index (χ0v) is 19.4. The van der Waals surface area contributed by atoms with Crippen molar-refractivity contribution >= 4 is 32.6 Å². The van der Waals surface area contributed by atoms with Gasteiger partial charge < -0.3 is 9.84 Å². The molecule has 3 aromatic carbocycles. The van der Waals surface area contributed by atoms with E-state index in [0.29, 0.717) is 24.2 Å². The number of ketones is 1. The van der Waals surface area contributed by atoms with Crippen molar-refractivity contribution in [1.82, 2.24) is 9.29 Å². The predicted octanol–water partition coefficient (Wildman–Crippen LogP) is 3.33. The van der Waals surface area contributed by atoms with Crippen molar-refractivity contribution in [2.75, 3.05) is 13.2 Å². The quantitative estimate of drug-likeness (QED) is 0.401. The molecule has 0 spiro atoms. The lowest BCUT2D eigenvalue weighted by Crippen LogP contribution is -2.35. The molecule has 9 heteroatoms. The number of aromatic nitrogens is 1. The minimum Gasteiger partial charge on any atom is -0.494 e. The predicted molar refractivity (Wildman–Crippen MR) is 129 cm³/mol. The number of benzene rings is 3. The summed E-state index contributed by atoms with van der Waals surface area (Å²) in [6.45, 7) is 0.752. The Balaban J connectivity index is 1.69. The maximum absolute atomic E-state index is 13.4. The van der Waals surface area contributed by atoms with Crippen LogP contribution in [0.25, 0.3) is 10.9 Å². The largest absolute Gasteiger partial charge is 0.494 e. The number of hydrogen-bond donors (Lipinski definition) is 2. The third-order valence-electron chi connectivity index (χ3n) is 5.96. The highest BCUT2D eigenvalue weighted by atomic mass is 32.2. The third-order valence-corrected chi connectivity index (χ3v) is 7.48. The molecule has 1 fully saturated rings. The number of carbonyl (C=O) groups is 2. The minimum absolute atomic E-state index is 0.0803. The second-order valence-corrected chi connectivity index (χ2v) is 9.98. The van der Waals surface area contributed by atoms with Crippen molar-refractivity contribution in [3.8, 4) is 5.88 Å². The molecular formula is C26H22N2O6S. The summed E-state index contributed by atoms with van der Waals surface area (Å²) in [7, 11) is -3.94. The summed E-state index contributed by atoms with van der Waals surface area (Å²) in [4.78, 5) is 26.7. The molecule has 2 N–H and O–H groups in total. The molecule has 8 nitrogen and oxygen atoms in total. The molecule has 5 rings (SSSR count). The van der Waals surface area contributed by atoms with E-state index >= 15 is 0 Å². The molecule has 0 bridgehead atoms. The van der Waals surface area contributed by atoms with Gasteiger partial charge in [-0.15, -0.1) is 0 Å². The van der Waals surface area contributed by atoms with Gasteiger partial charge in [-0.1, -0.05) is 48.5 Å². The monoisotopic (exact) mass is 490 g/mol. The molecule has 1 atom stereocenters. The van der Waals surface area contributed by atoms with Crippen molar-refractivity contribution in [1.29, 1.82) is 0 Å². The first-order valence-electron chi connectivity index (χ1n) is 11.0. The highest BCUT2D eigenvalue weighted by Gasteiger charge is 2.29. The van der Waals surface area contributed by atoms with Crippen LogP contribution < -0.4 is 4.72 Å². The maximum atomic E-state index is 13.4. The Bertz CT molecular complexity index is 1520. The molecule has 0 radical (unpaired) electrons. The molecule has 1 aliphatic heterocycles. The number of aromatic hydroxyl groups is 1. The van der Waals surface area contributed by atoms with Gasteiger partial charge in [0.05, 0.1) is 22.6 Å². The van der Waals surface area contributed by atoms with Crippen LogP contribution in [0.2, 0.25) is 0 Å². The van der Waals surface area contributed by atoms with Crippen LogP contribution in [-0.2, 0) is 14.8 Å². The van der Waals surface area contributed by atoms with Gasteiger partial charge in [0.25, 0.3) is 5.91 Å². The van der Waals surface area contributed by atoms with E-state index in [1.54, 1.807) is 60.7 Å². The Labute approximate surface area is 201 Å². The lowest BCUT2D eigenvalue weighted by molar-refractivity contribution is 0.0956. The molecule has 1 saturated heterocycles. The maximum Gasteiger partial charge on any atom is 0.265 e. The molecule has 1 aromatic heterocycles. The van der Waals surface area contributed by atoms with Crippen molar-refractivity contribution in [2.24, 2.45) is 0 Å². The lowest BCUT2D eigenvalue weighted by atomic mass is 10.0. The van der Waals surface area contributed by atoms with Crippen molar-refractivity contribution in [2.45, 2.75) is 17.4 Å². The number of carbonyl (C=O) groups excluding carboxylic acids is 2. The van der Waals surface area contributed by atoms with E-state index in [4.69, 9.17) is 4.74 Å². The van der Waals surface area contributed by atoms with Crippen molar-refractivity contribution in [3.05, 3.63) is 95.6 Å². The molecule has 1 unspecified atom stereocenters. The zero-order valence-electron chi connectivity index (χ0n) is 18.5. The number of ether oxygens (including phenoxy) is 1. The van der Waals surface area contributed by atoms with Gasteiger partial charge in [-0.05, 0) is 36.8 Å². The van der Waals surface area contributed by atoms with Gasteiger partial charge in [-0.2, -0.15) is 0 Å². The van der Waals surface area contributed by atoms with Gasteiger partial charge in [-0.3, -0.25) is 9.59 Å². The summed E-state index contributed by atoms with van der Waals surface area (Å²) in [6, 6.07) is 20.4. The molecule has 4 aromatic rings. The van der Waals surface area contributed by atoms with E-state index in [9.17, 15) is 23.1 Å². The molecule has 0 saturated carbocycles. The topological polar surface area (TPSA) is 115 Å². The van der Waals surface area contributed by atoms with Crippen LogP contribution in [0.1, 0.15) is 32.7 Å². The summed E-state index contributed by atoms with van der Waals surface area (Å²) >= 11 is 0. The van der Waals surface area contributed by atoms with Gasteiger partial charge in [0.2, 0.25) is 15.9 Å². The highest BCUT2D eigenvalue weighted by molar-refractivity contribution is 7.89. The molecule has 2 heterocycles. The average Bonchev–Trinajstić information content (AvgIpc) is 3.48. The summed E-state index contributed by atoms with van der Waals surface area (Å²) in [6.07, 6.45) is 0.557. The SMILES string of the molecule is O=C(c1ccccc1)c1c(O)n(C(=O)c2ccccc2)c2ccc(S(=O)(=O)NC3CCOC3)cc12. The van der Waals surface area contributed by atoms with Gasteiger partial charge in [0.15, 0.2) is 5.78 Å². The van der Waals surface area contributed by atoms with Crippen molar-refractivity contribution in [3.63, 3.8) is 0 Å².